The second-order valence-corrected chi connectivity index (χ2v) is 4.26. The predicted octanol–water partition coefficient (Wildman–Crippen LogP) is 2.27. The van der Waals surface area contributed by atoms with Crippen molar-refractivity contribution in [3.8, 4) is 6.07 Å². The Bertz CT molecular complexity index is 154. The highest BCUT2D eigenvalue weighted by molar-refractivity contribution is 4.91. The monoisotopic (exact) mass is 168 g/mol. The summed E-state index contributed by atoms with van der Waals surface area (Å²) in [6.45, 7) is 5.13. The van der Waals surface area contributed by atoms with E-state index >= 15 is 0 Å². The van der Waals surface area contributed by atoms with E-state index in [-0.39, 0.29) is 5.41 Å². The molecule has 0 atom stereocenters. The first-order valence-corrected chi connectivity index (χ1v) is 4.54. The molecule has 0 saturated heterocycles. The molecule has 0 N–H and O–H groups in total. The molecule has 70 valence electrons. The van der Waals surface area contributed by atoms with Gasteiger partial charge in [0.15, 0.2) is 0 Å². The molecule has 0 rings (SSSR count). The highest BCUT2D eigenvalue weighted by Gasteiger charge is 2.15. The van der Waals surface area contributed by atoms with Gasteiger partial charge in [-0.25, -0.2) is 0 Å². The van der Waals surface area contributed by atoms with E-state index in [2.05, 4.69) is 25.1 Å². The van der Waals surface area contributed by atoms with E-state index in [1.165, 1.54) is 6.42 Å². The summed E-state index contributed by atoms with van der Waals surface area (Å²) in [5, 5.41) is 8.74. The lowest BCUT2D eigenvalue weighted by atomic mass is 9.89. The Hall–Kier alpha value is -0.550. The summed E-state index contributed by atoms with van der Waals surface area (Å²) in [7, 11) is 4.16. The molecule has 0 aromatic heterocycles. The lowest BCUT2D eigenvalue weighted by Crippen LogP contribution is -2.14. The average Bonchev–Trinajstić information content (AvgIpc) is 1.98. The van der Waals surface area contributed by atoms with Crippen LogP contribution < -0.4 is 0 Å². The normalized spacial score (nSPS) is 11.7. The second kappa shape index (κ2) is 5.16. The molecule has 0 aliphatic rings. The lowest BCUT2D eigenvalue weighted by molar-refractivity contribution is 0.364. The minimum absolute atomic E-state index is 0.133. The first-order chi connectivity index (χ1) is 5.48. The van der Waals surface area contributed by atoms with Gasteiger partial charge in [-0.15, -0.1) is 0 Å². The molecule has 12 heavy (non-hydrogen) atoms. The van der Waals surface area contributed by atoms with E-state index in [0.29, 0.717) is 0 Å². The first-order valence-electron chi connectivity index (χ1n) is 4.54. The van der Waals surface area contributed by atoms with Crippen LogP contribution in [0.2, 0.25) is 0 Å². The van der Waals surface area contributed by atoms with Gasteiger partial charge in [0.1, 0.15) is 0 Å². The molecule has 0 aromatic carbocycles. The standard InChI is InChI=1S/C10H20N2/c1-10(2,9-11)7-5-6-8-12(3)4/h5-8H2,1-4H3. The van der Waals surface area contributed by atoms with Crippen molar-refractivity contribution < 1.29 is 0 Å². The highest BCUT2D eigenvalue weighted by atomic mass is 15.0. The van der Waals surface area contributed by atoms with Crippen molar-refractivity contribution in [2.75, 3.05) is 20.6 Å². The van der Waals surface area contributed by atoms with Crippen LogP contribution in [0.1, 0.15) is 33.1 Å². The molecule has 0 fully saturated rings. The summed E-state index contributed by atoms with van der Waals surface area (Å²) in [5.74, 6) is 0. The number of nitrogens with zero attached hydrogens (tertiary/aromatic N) is 2. The molecule has 0 bridgehead atoms. The zero-order chi connectivity index (χ0) is 9.61. The largest absolute Gasteiger partial charge is 0.309 e. The molecule has 2 heteroatoms. The van der Waals surface area contributed by atoms with Crippen molar-refractivity contribution >= 4 is 0 Å². The van der Waals surface area contributed by atoms with Gasteiger partial charge < -0.3 is 4.90 Å². The topological polar surface area (TPSA) is 27.0 Å². The molecule has 0 radical (unpaired) electrons. The van der Waals surface area contributed by atoms with Crippen LogP contribution in [-0.2, 0) is 0 Å². The SMILES string of the molecule is CN(C)CCCCC(C)(C)C#N. The van der Waals surface area contributed by atoms with Gasteiger partial charge in [-0.1, -0.05) is 6.42 Å². The molecule has 0 spiro atoms. The summed E-state index contributed by atoms with van der Waals surface area (Å²) in [5.41, 5.74) is -0.133. The Balaban J connectivity index is 3.39. The zero-order valence-corrected chi connectivity index (χ0v) is 8.72. The van der Waals surface area contributed by atoms with Gasteiger partial charge in [-0.2, -0.15) is 5.26 Å². The maximum absolute atomic E-state index is 8.74. The van der Waals surface area contributed by atoms with Crippen molar-refractivity contribution in [3.63, 3.8) is 0 Å². The van der Waals surface area contributed by atoms with Gasteiger partial charge in [0.25, 0.3) is 0 Å². The molecule has 0 heterocycles. The number of hydrogen-bond acceptors (Lipinski definition) is 2. The number of hydrogen-bond donors (Lipinski definition) is 0. The molecular weight excluding hydrogens is 148 g/mol. The number of unbranched alkanes of at least 4 members (excludes halogenated alkanes) is 1. The zero-order valence-electron chi connectivity index (χ0n) is 8.72. The fourth-order valence-electron chi connectivity index (χ4n) is 1.05. The van der Waals surface area contributed by atoms with Crippen LogP contribution in [0.25, 0.3) is 0 Å². The van der Waals surface area contributed by atoms with Gasteiger partial charge in [0.2, 0.25) is 0 Å². The van der Waals surface area contributed by atoms with Crippen molar-refractivity contribution in [3.05, 3.63) is 0 Å². The van der Waals surface area contributed by atoms with Crippen molar-refractivity contribution in [1.29, 1.82) is 5.26 Å². The maximum Gasteiger partial charge on any atom is 0.0683 e. The van der Waals surface area contributed by atoms with Crippen molar-refractivity contribution in [2.45, 2.75) is 33.1 Å². The Labute approximate surface area is 76.2 Å². The summed E-state index contributed by atoms with van der Waals surface area (Å²) >= 11 is 0. The minimum atomic E-state index is -0.133. The van der Waals surface area contributed by atoms with Crippen LogP contribution in [0.3, 0.4) is 0 Å². The summed E-state index contributed by atoms with van der Waals surface area (Å²) in [4.78, 5) is 2.18. The smallest absolute Gasteiger partial charge is 0.0683 e. The molecule has 0 aliphatic carbocycles. The molecule has 0 aromatic rings. The summed E-state index contributed by atoms with van der Waals surface area (Å²) in [6.07, 6.45) is 3.36. The van der Waals surface area contributed by atoms with Crippen LogP contribution in [0.4, 0.5) is 0 Å². The van der Waals surface area contributed by atoms with Gasteiger partial charge >= 0.3 is 0 Å². The fraction of sp³-hybridized carbons (Fsp3) is 0.900. The van der Waals surface area contributed by atoms with Crippen LogP contribution in [0.5, 0.6) is 0 Å². The second-order valence-electron chi connectivity index (χ2n) is 4.26. The predicted molar refractivity (Wildman–Crippen MR) is 51.8 cm³/mol. The Kier molecular flexibility index (Phi) is 4.92. The average molecular weight is 168 g/mol. The fourth-order valence-corrected chi connectivity index (χ4v) is 1.05. The lowest BCUT2D eigenvalue weighted by Gasteiger charge is -2.15. The van der Waals surface area contributed by atoms with Crippen LogP contribution in [0, 0.1) is 16.7 Å². The number of rotatable bonds is 5. The maximum atomic E-state index is 8.74. The minimum Gasteiger partial charge on any atom is -0.309 e. The third kappa shape index (κ3) is 6.18. The van der Waals surface area contributed by atoms with Gasteiger partial charge in [-0.05, 0) is 47.3 Å². The van der Waals surface area contributed by atoms with E-state index in [4.69, 9.17) is 5.26 Å². The van der Waals surface area contributed by atoms with Crippen LogP contribution in [-0.4, -0.2) is 25.5 Å². The van der Waals surface area contributed by atoms with Crippen molar-refractivity contribution in [2.24, 2.45) is 5.41 Å². The summed E-state index contributed by atoms with van der Waals surface area (Å²) in [6, 6.07) is 2.32. The van der Waals surface area contributed by atoms with E-state index in [1.807, 2.05) is 13.8 Å². The molecular formula is C10H20N2. The Morgan fingerprint density at radius 2 is 1.83 bits per heavy atom. The van der Waals surface area contributed by atoms with E-state index in [9.17, 15) is 0 Å². The van der Waals surface area contributed by atoms with Gasteiger partial charge in [-0.3, -0.25) is 0 Å². The third-order valence-corrected chi connectivity index (χ3v) is 1.96. The van der Waals surface area contributed by atoms with Crippen LogP contribution in [0.15, 0.2) is 0 Å². The third-order valence-electron chi connectivity index (χ3n) is 1.96. The molecule has 0 unspecified atom stereocenters. The van der Waals surface area contributed by atoms with E-state index < -0.39 is 0 Å². The van der Waals surface area contributed by atoms with Crippen molar-refractivity contribution in [1.82, 2.24) is 4.90 Å². The van der Waals surface area contributed by atoms with Crippen LogP contribution >= 0.6 is 0 Å². The van der Waals surface area contributed by atoms with Gasteiger partial charge in [0, 0.05) is 0 Å². The first kappa shape index (κ1) is 11.4. The van der Waals surface area contributed by atoms with E-state index in [1.54, 1.807) is 0 Å². The molecule has 0 saturated carbocycles. The Morgan fingerprint density at radius 1 is 1.25 bits per heavy atom. The number of nitriles is 1. The highest BCUT2D eigenvalue weighted by Crippen LogP contribution is 2.21. The van der Waals surface area contributed by atoms with E-state index in [0.717, 1.165) is 19.4 Å². The Morgan fingerprint density at radius 3 is 2.25 bits per heavy atom. The molecule has 2 nitrogen and oxygen atoms in total. The molecule has 0 amide bonds. The summed E-state index contributed by atoms with van der Waals surface area (Å²) < 4.78 is 0. The molecule has 0 aliphatic heterocycles. The quantitative estimate of drug-likeness (QED) is 0.589. The van der Waals surface area contributed by atoms with Gasteiger partial charge in [0.05, 0.1) is 11.5 Å².